The zero-order chi connectivity index (χ0) is 18.4. The van der Waals surface area contributed by atoms with Gasteiger partial charge in [0.15, 0.2) is 5.76 Å². The van der Waals surface area contributed by atoms with Crippen molar-refractivity contribution < 1.29 is 23.5 Å². The Balaban J connectivity index is 1.94. The molecule has 0 radical (unpaired) electrons. The van der Waals surface area contributed by atoms with E-state index in [4.69, 9.17) is 9.15 Å². The van der Waals surface area contributed by atoms with E-state index in [1.165, 1.54) is 6.26 Å². The highest BCUT2D eigenvalue weighted by atomic mass is 16.6. The molecule has 0 unspecified atom stereocenters. The highest BCUT2D eigenvalue weighted by Crippen LogP contribution is 2.12. The van der Waals surface area contributed by atoms with E-state index in [1.54, 1.807) is 28.9 Å². The van der Waals surface area contributed by atoms with E-state index in [1.807, 2.05) is 13.8 Å². The molecule has 2 heterocycles. The third kappa shape index (κ3) is 4.74. The van der Waals surface area contributed by atoms with Gasteiger partial charge < -0.3 is 24.3 Å². The number of ether oxygens (including phenoxy) is 1. The molecular formula is C17H25N3O5. The highest BCUT2D eigenvalue weighted by Gasteiger charge is 2.32. The lowest BCUT2D eigenvalue weighted by atomic mass is 10.0. The third-order valence-electron chi connectivity index (χ3n) is 4.08. The van der Waals surface area contributed by atoms with Crippen LogP contribution >= 0.6 is 0 Å². The van der Waals surface area contributed by atoms with Gasteiger partial charge in [0.05, 0.1) is 12.9 Å². The second-order valence-corrected chi connectivity index (χ2v) is 6.18. The number of hydrogen-bond acceptors (Lipinski definition) is 5. The van der Waals surface area contributed by atoms with E-state index >= 15 is 0 Å². The van der Waals surface area contributed by atoms with E-state index in [0.717, 1.165) is 0 Å². The standard InChI is InChI=1S/C17H25N3O5/c1-4-24-17(23)20-9-7-19(8-10-20)16(22)14(12(2)3)18-15(21)13-6-5-11-25-13/h5-6,11-12,14H,4,7-10H2,1-3H3,(H,18,21)/t14-/m1/s1. The molecule has 8 heteroatoms. The molecule has 1 N–H and O–H groups in total. The highest BCUT2D eigenvalue weighted by molar-refractivity contribution is 5.95. The predicted molar refractivity (Wildman–Crippen MR) is 90.0 cm³/mol. The average molecular weight is 351 g/mol. The summed E-state index contributed by atoms with van der Waals surface area (Å²) in [6.07, 6.45) is 1.05. The van der Waals surface area contributed by atoms with Crippen molar-refractivity contribution in [1.82, 2.24) is 15.1 Å². The molecule has 138 valence electrons. The first kappa shape index (κ1) is 18.8. The summed E-state index contributed by atoms with van der Waals surface area (Å²) in [4.78, 5) is 39.9. The number of amides is 3. The monoisotopic (exact) mass is 351 g/mol. The van der Waals surface area contributed by atoms with Gasteiger partial charge in [-0.25, -0.2) is 4.79 Å². The summed E-state index contributed by atoms with van der Waals surface area (Å²) in [5.74, 6) is -0.472. The van der Waals surface area contributed by atoms with Gasteiger partial charge in [0.25, 0.3) is 5.91 Å². The van der Waals surface area contributed by atoms with Crippen LogP contribution in [-0.4, -0.2) is 66.5 Å². The van der Waals surface area contributed by atoms with Gasteiger partial charge in [0.1, 0.15) is 6.04 Å². The molecule has 3 amide bonds. The number of piperazine rings is 1. The van der Waals surface area contributed by atoms with Crippen molar-refractivity contribution in [3.8, 4) is 0 Å². The van der Waals surface area contributed by atoms with Crippen LogP contribution in [0.15, 0.2) is 22.8 Å². The quantitative estimate of drug-likeness (QED) is 0.864. The summed E-state index contributed by atoms with van der Waals surface area (Å²) < 4.78 is 10.0. The number of carbonyl (C=O) groups is 3. The lowest BCUT2D eigenvalue weighted by molar-refractivity contribution is -0.135. The Labute approximate surface area is 147 Å². The second-order valence-electron chi connectivity index (χ2n) is 6.18. The van der Waals surface area contributed by atoms with Crippen LogP contribution in [0.2, 0.25) is 0 Å². The first-order valence-electron chi connectivity index (χ1n) is 8.48. The van der Waals surface area contributed by atoms with E-state index in [0.29, 0.717) is 32.8 Å². The second kappa shape index (κ2) is 8.55. The van der Waals surface area contributed by atoms with Crippen molar-refractivity contribution in [3.63, 3.8) is 0 Å². The van der Waals surface area contributed by atoms with Crippen LogP contribution in [0.4, 0.5) is 4.79 Å². The molecule has 1 aromatic heterocycles. The molecule has 1 atom stereocenters. The van der Waals surface area contributed by atoms with E-state index in [2.05, 4.69) is 5.32 Å². The topological polar surface area (TPSA) is 92.1 Å². The predicted octanol–water partition coefficient (Wildman–Crippen LogP) is 1.33. The van der Waals surface area contributed by atoms with Gasteiger partial charge in [0.2, 0.25) is 5.91 Å². The molecule has 1 fully saturated rings. The van der Waals surface area contributed by atoms with Gasteiger partial charge >= 0.3 is 6.09 Å². The number of nitrogens with one attached hydrogen (secondary N) is 1. The van der Waals surface area contributed by atoms with Crippen molar-refractivity contribution in [2.45, 2.75) is 26.8 Å². The molecule has 0 aliphatic carbocycles. The maximum atomic E-state index is 12.8. The van der Waals surface area contributed by atoms with Gasteiger partial charge in [-0.2, -0.15) is 0 Å². The van der Waals surface area contributed by atoms with Crippen LogP contribution in [0.3, 0.4) is 0 Å². The number of rotatable bonds is 5. The molecular weight excluding hydrogens is 326 g/mol. The largest absolute Gasteiger partial charge is 0.459 e. The Morgan fingerprint density at radius 2 is 1.84 bits per heavy atom. The maximum absolute atomic E-state index is 12.8. The number of nitrogens with zero attached hydrogens (tertiary/aromatic N) is 2. The Kier molecular flexibility index (Phi) is 6.44. The molecule has 0 saturated carbocycles. The van der Waals surface area contributed by atoms with Crippen molar-refractivity contribution in [2.75, 3.05) is 32.8 Å². The molecule has 2 rings (SSSR count). The molecule has 8 nitrogen and oxygen atoms in total. The third-order valence-corrected chi connectivity index (χ3v) is 4.08. The lowest BCUT2D eigenvalue weighted by Gasteiger charge is -2.36. The molecule has 25 heavy (non-hydrogen) atoms. The van der Waals surface area contributed by atoms with Gasteiger partial charge in [0, 0.05) is 26.2 Å². The molecule has 0 aromatic carbocycles. The molecule has 1 aromatic rings. The van der Waals surface area contributed by atoms with Gasteiger partial charge in [-0.1, -0.05) is 13.8 Å². The number of hydrogen-bond donors (Lipinski definition) is 1. The Hall–Kier alpha value is -2.51. The summed E-state index contributed by atoms with van der Waals surface area (Å²) in [7, 11) is 0. The zero-order valence-electron chi connectivity index (χ0n) is 14.9. The van der Waals surface area contributed by atoms with E-state index in [-0.39, 0.29) is 23.7 Å². The van der Waals surface area contributed by atoms with Crippen LogP contribution in [0.1, 0.15) is 31.3 Å². The molecule has 1 aliphatic rings. The zero-order valence-corrected chi connectivity index (χ0v) is 14.9. The van der Waals surface area contributed by atoms with Crippen LogP contribution in [0.5, 0.6) is 0 Å². The number of carbonyl (C=O) groups excluding carboxylic acids is 3. The van der Waals surface area contributed by atoms with Crippen molar-refractivity contribution in [1.29, 1.82) is 0 Å². The fraction of sp³-hybridized carbons (Fsp3) is 0.588. The first-order chi connectivity index (χ1) is 11.9. The van der Waals surface area contributed by atoms with Gasteiger partial charge in [-0.3, -0.25) is 9.59 Å². The Morgan fingerprint density at radius 1 is 1.20 bits per heavy atom. The van der Waals surface area contributed by atoms with Gasteiger partial charge in [-0.15, -0.1) is 0 Å². The summed E-state index contributed by atoms with van der Waals surface area (Å²) in [5.41, 5.74) is 0. The summed E-state index contributed by atoms with van der Waals surface area (Å²) in [6.45, 7) is 7.50. The van der Waals surface area contributed by atoms with E-state index < -0.39 is 11.9 Å². The smallest absolute Gasteiger partial charge is 0.409 e. The maximum Gasteiger partial charge on any atom is 0.409 e. The minimum absolute atomic E-state index is 0.0745. The van der Waals surface area contributed by atoms with Crippen LogP contribution in [-0.2, 0) is 9.53 Å². The average Bonchev–Trinajstić information content (AvgIpc) is 3.13. The van der Waals surface area contributed by atoms with Crippen LogP contribution in [0, 0.1) is 5.92 Å². The summed E-state index contributed by atoms with van der Waals surface area (Å²) >= 11 is 0. The van der Waals surface area contributed by atoms with E-state index in [9.17, 15) is 14.4 Å². The molecule has 1 aliphatic heterocycles. The first-order valence-corrected chi connectivity index (χ1v) is 8.48. The SMILES string of the molecule is CCOC(=O)N1CCN(C(=O)[C@H](NC(=O)c2ccco2)C(C)C)CC1. The minimum atomic E-state index is -0.647. The molecule has 0 bridgehead atoms. The Morgan fingerprint density at radius 3 is 2.36 bits per heavy atom. The normalized spacial score (nSPS) is 15.8. The van der Waals surface area contributed by atoms with Crippen LogP contribution in [0.25, 0.3) is 0 Å². The summed E-state index contributed by atoms with van der Waals surface area (Å²) in [5, 5.41) is 2.74. The molecule has 0 spiro atoms. The number of furan rings is 1. The van der Waals surface area contributed by atoms with Crippen LogP contribution < -0.4 is 5.32 Å². The van der Waals surface area contributed by atoms with Crippen molar-refractivity contribution >= 4 is 17.9 Å². The lowest BCUT2D eigenvalue weighted by Crippen LogP contribution is -2.57. The van der Waals surface area contributed by atoms with Crippen molar-refractivity contribution in [2.24, 2.45) is 5.92 Å². The molecule has 1 saturated heterocycles. The summed E-state index contributed by atoms with van der Waals surface area (Å²) in [6, 6.07) is 2.53. The van der Waals surface area contributed by atoms with Crippen molar-refractivity contribution in [3.05, 3.63) is 24.2 Å². The fourth-order valence-corrected chi connectivity index (χ4v) is 2.65. The fourth-order valence-electron chi connectivity index (χ4n) is 2.65. The minimum Gasteiger partial charge on any atom is -0.459 e. The van der Waals surface area contributed by atoms with Gasteiger partial charge in [-0.05, 0) is 25.0 Å². The Bertz CT molecular complexity index is 591.